The number of benzene rings is 1. The molecule has 4 aromatic rings. The van der Waals surface area contributed by atoms with Crippen molar-refractivity contribution in [3.05, 3.63) is 64.9 Å². The molecule has 0 spiro atoms. The smallest absolute Gasteiger partial charge is 0.235 e. The summed E-state index contributed by atoms with van der Waals surface area (Å²) in [6.45, 7) is 2.08. The van der Waals surface area contributed by atoms with Gasteiger partial charge < -0.3 is 0 Å². The van der Waals surface area contributed by atoms with Crippen molar-refractivity contribution >= 4 is 28.4 Å². The second-order valence-corrected chi connectivity index (χ2v) is 6.13. The Morgan fingerprint density at radius 3 is 2.52 bits per heavy atom. The highest BCUT2D eigenvalue weighted by molar-refractivity contribution is 7.17. The van der Waals surface area contributed by atoms with Crippen molar-refractivity contribution in [2.75, 3.05) is 0 Å². The van der Waals surface area contributed by atoms with Gasteiger partial charge in [0.05, 0.1) is 0 Å². The van der Waals surface area contributed by atoms with E-state index in [4.69, 9.17) is 0 Å². The second-order valence-electron chi connectivity index (χ2n) is 5.14. The molecule has 0 aliphatic carbocycles. The maximum absolute atomic E-state index is 4.58. The molecule has 0 fully saturated rings. The Morgan fingerprint density at radius 1 is 0.957 bits per heavy atom. The number of aromatic nitrogens is 5. The van der Waals surface area contributed by atoms with Crippen LogP contribution in [0.15, 0.2) is 48.8 Å². The van der Waals surface area contributed by atoms with Gasteiger partial charge in [0, 0.05) is 18.0 Å². The van der Waals surface area contributed by atoms with E-state index in [1.165, 1.54) is 16.9 Å². The predicted octanol–water partition coefficient (Wildman–Crippen LogP) is 3.73. The lowest BCUT2D eigenvalue weighted by atomic mass is 10.1. The van der Waals surface area contributed by atoms with E-state index in [-0.39, 0.29) is 0 Å². The largest absolute Gasteiger partial charge is 0.265 e. The lowest BCUT2D eigenvalue weighted by molar-refractivity contribution is 0.959. The number of hydrogen-bond donors (Lipinski definition) is 0. The number of aryl methyl sites for hydroxylation is 1. The second kappa shape index (κ2) is 5.73. The van der Waals surface area contributed by atoms with E-state index >= 15 is 0 Å². The third kappa shape index (κ3) is 2.76. The zero-order chi connectivity index (χ0) is 15.6. The van der Waals surface area contributed by atoms with Crippen LogP contribution in [0.3, 0.4) is 0 Å². The van der Waals surface area contributed by atoms with Crippen LogP contribution in [0.2, 0.25) is 0 Å². The number of nitrogens with zero attached hydrogens (tertiary/aromatic N) is 5. The molecule has 0 N–H and O–H groups in total. The van der Waals surface area contributed by atoms with Gasteiger partial charge in [0.15, 0.2) is 5.82 Å². The summed E-state index contributed by atoms with van der Waals surface area (Å²) in [5, 5.41) is 13.9. The van der Waals surface area contributed by atoms with Crippen LogP contribution in [0, 0.1) is 6.92 Å². The maximum atomic E-state index is 4.58. The van der Waals surface area contributed by atoms with Gasteiger partial charge >= 0.3 is 0 Å². The van der Waals surface area contributed by atoms with Crippen molar-refractivity contribution in [1.82, 2.24) is 24.8 Å². The van der Waals surface area contributed by atoms with Crippen LogP contribution in [0.4, 0.5) is 0 Å². The number of hydrogen-bond acceptors (Lipinski definition) is 5. The molecular formula is C17H13N5S. The molecule has 23 heavy (non-hydrogen) atoms. The van der Waals surface area contributed by atoms with Gasteiger partial charge in [-0.3, -0.25) is 4.98 Å². The number of rotatable bonds is 3. The van der Waals surface area contributed by atoms with Gasteiger partial charge in [-0.2, -0.15) is 9.61 Å². The molecule has 3 aromatic heterocycles. The molecule has 3 heterocycles. The van der Waals surface area contributed by atoms with E-state index in [1.807, 2.05) is 18.2 Å². The molecule has 0 bridgehead atoms. The highest BCUT2D eigenvalue weighted by atomic mass is 32.1. The molecule has 5 nitrogen and oxygen atoms in total. The zero-order valence-corrected chi connectivity index (χ0v) is 13.2. The summed E-state index contributed by atoms with van der Waals surface area (Å²) in [5.74, 6) is 0.730. The Bertz CT molecular complexity index is 967. The molecule has 0 amide bonds. The molecule has 0 atom stereocenters. The van der Waals surface area contributed by atoms with E-state index in [9.17, 15) is 0 Å². The Kier molecular flexibility index (Phi) is 3.44. The fourth-order valence-corrected chi connectivity index (χ4v) is 2.97. The normalized spacial score (nSPS) is 11.5. The molecular weight excluding hydrogens is 306 g/mol. The Labute approximate surface area is 137 Å². The summed E-state index contributed by atoms with van der Waals surface area (Å²) >= 11 is 1.51. The average molecular weight is 319 g/mol. The topological polar surface area (TPSA) is 56.0 Å². The highest BCUT2D eigenvalue weighted by Gasteiger charge is 2.11. The number of pyridine rings is 1. The minimum Gasteiger partial charge on any atom is -0.265 e. The Morgan fingerprint density at radius 2 is 1.74 bits per heavy atom. The SMILES string of the molecule is Cc1ccc(C=Cc2nn3c(-c4ccncc4)nnc3s2)cc1. The van der Waals surface area contributed by atoms with Gasteiger partial charge in [0.1, 0.15) is 5.01 Å². The Hall–Kier alpha value is -2.86. The van der Waals surface area contributed by atoms with Crippen LogP contribution in [-0.4, -0.2) is 24.8 Å². The summed E-state index contributed by atoms with van der Waals surface area (Å²) in [6, 6.07) is 12.2. The van der Waals surface area contributed by atoms with E-state index in [1.54, 1.807) is 16.9 Å². The molecule has 0 saturated heterocycles. The van der Waals surface area contributed by atoms with Gasteiger partial charge in [-0.25, -0.2) is 0 Å². The fourth-order valence-electron chi connectivity index (χ4n) is 2.23. The maximum Gasteiger partial charge on any atom is 0.235 e. The van der Waals surface area contributed by atoms with E-state index in [2.05, 4.69) is 57.5 Å². The van der Waals surface area contributed by atoms with Gasteiger partial charge in [-0.05, 0) is 30.7 Å². The monoisotopic (exact) mass is 319 g/mol. The summed E-state index contributed by atoms with van der Waals surface area (Å²) in [5.41, 5.74) is 3.35. The van der Waals surface area contributed by atoms with Crippen molar-refractivity contribution < 1.29 is 0 Å². The zero-order valence-electron chi connectivity index (χ0n) is 12.4. The first kappa shape index (κ1) is 13.8. The quantitative estimate of drug-likeness (QED) is 0.577. The minimum absolute atomic E-state index is 0.730. The Balaban J connectivity index is 1.67. The van der Waals surface area contributed by atoms with Crippen LogP contribution in [0.5, 0.6) is 0 Å². The van der Waals surface area contributed by atoms with Gasteiger partial charge in [0.2, 0.25) is 4.96 Å². The van der Waals surface area contributed by atoms with Crippen LogP contribution in [0.25, 0.3) is 28.5 Å². The molecule has 1 aromatic carbocycles. The van der Waals surface area contributed by atoms with Crippen molar-refractivity contribution in [3.63, 3.8) is 0 Å². The molecule has 0 saturated carbocycles. The third-order valence-electron chi connectivity index (χ3n) is 3.44. The standard InChI is InChI=1S/C17H13N5S/c1-12-2-4-13(5-3-12)6-7-15-21-22-16(19-20-17(22)23-15)14-8-10-18-11-9-14/h2-11H,1H3. The first-order valence-electron chi connectivity index (χ1n) is 7.17. The summed E-state index contributed by atoms with van der Waals surface area (Å²) < 4.78 is 1.77. The van der Waals surface area contributed by atoms with Gasteiger partial charge in [-0.15, -0.1) is 10.2 Å². The first-order chi connectivity index (χ1) is 11.3. The molecule has 0 aliphatic rings. The molecule has 112 valence electrons. The van der Waals surface area contributed by atoms with Crippen LogP contribution >= 0.6 is 11.3 Å². The van der Waals surface area contributed by atoms with Crippen LogP contribution in [0.1, 0.15) is 16.1 Å². The third-order valence-corrected chi connectivity index (χ3v) is 4.30. The molecule has 0 radical (unpaired) electrons. The molecule has 0 aliphatic heterocycles. The van der Waals surface area contributed by atoms with E-state index in [0.29, 0.717) is 0 Å². The lowest BCUT2D eigenvalue weighted by Crippen LogP contribution is -1.90. The van der Waals surface area contributed by atoms with Crippen LogP contribution < -0.4 is 0 Å². The van der Waals surface area contributed by atoms with Crippen molar-refractivity contribution in [3.8, 4) is 11.4 Å². The highest BCUT2D eigenvalue weighted by Crippen LogP contribution is 2.22. The fraction of sp³-hybridized carbons (Fsp3) is 0.0588. The van der Waals surface area contributed by atoms with Crippen molar-refractivity contribution in [2.24, 2.45) is 0 Å². The van der Waals surface area contributed by atoms with E-state index < -0.39 is 0 Å². The molecule has 0 unspecified atom stereocenters. The predicted molar refractivity (Wildman–Crippen MR) is 92.0 cm³/mol. The lowest BCUT2D eigenvalue weighted by Gasteiger charge is -1.95. The van der Waals surface area contributed by atoms with Gasteiger partial charge in [0.25, 0.3) is 0 Å². The summed E-state index contributed by atoms with van der Waals surface area (Å²) in [7, 11) is 0. The number of fused-ring (bicyclic) bond motifs is 1. The van der Waals surface area contributed by atoms with Crippen LogP contribution in [-0.2, 0) is 0 Å². The average Bonchev–Trinajstić information content (AvgIpc) is 3.15. The van der Waals surface area contributed by atoms with Gasteiger partial charge in [-0.1, -0.05) is 47.2 Å². The summed E-state index contributed by atoms with van der Waals surface area (Å²) in [6.07, 6.45) is 7.53. The minimum atomic E-state index is 0.730. The molecule has 4 rings (SSSR count). The first-order valence-corrected chi connectivity index (χ1v) is 7.99. The van der Waals surface area contributed by atoms with Crippen molar-refractivity contribution in [2.45, 2.75) is 6.92 Å². The van der Waals surface area contributed by atoms with E-state index in [0.717, 1.165) is 26.9 Å². The summed E-state index contributed by atoms with van der Waals surface area (Å²) in [4.78, 5) is 4.80. The van der Waals surface area contributed by atoms with Crippen molar-refractivity contribution in [1.29, 1.82) is 0 Å². The molecule has 6 heteroatoms.